The third kappa shape index (κ3) is 3.89. The van der Waals surface area contributed by atoms with Crippen LogP contribution in [0.3, 0.4) is 0 Å². The van der Waals surface area contributed by atoms with Crippen molar-refractivity contribution in [2.75, 3.05) is 12.4 Å². The smallest absolute Gasteiger partial charge is 0.249 e. The van der Waals surface area contributed by atoms with E-state index in [2.05, 4.69) is 30.5 Å². The average Bonchev–Trinajstić information content (AvgIpc) is 3.38. The topological polar surface area (TPSA) is 106 Å². The molecule has 0 atom stereocenters. The Hall–Kier alpha value is -3.59. The number of carbonyl (C=O) groups excluding carboxylic acids is 1. The van der Waals surface area contributed by atoms with Crippen LogP contribution in [0.15, 0.2) is 54.2 Å². The van der Waals surface area contributed by atoms with Crippen LogP contribution in [-0.2, 0) is 11.2 Å². The van der Waals surface area contributed by atoms with Gasteiger partial charge in [-0.15, -0.1) is 16.4 Å². The molecular formula is C19H16N6O2S. The number of pyridine rings is 1. The van der Waals surface area contributed by atoms with Crippen LogP contribution in [-0.4, -0.2) is 38.2 Å². The Balaban J connectivity index is 1.42. The molecular weight excluding hydrogens is 376 g/mol. The predicted molar refractivity (Wildman–Crippen MR) is 106 cm³/mol. The molecule has 0 unspecified atom stereocenters. The maximum Gasteiger partial charge on any atom is 0.249 e. The molecule has 1 amide bonds. The van der Waals surface area contributed by atoms with Crippen molar-refractivity contribution in [2.45, 2.75) is 6.42 Å². The summed E-state index contributed by atoms with van der Waals surface area (Å²) in [6.45, 7) is 0. The summed E-state index contributed by atoms with van der Waals surface area (Å²) in [6, 6.07) is 11.2. The number of methoxy groups -OCH3 is 1. The van der Waals surface area contributed by atoms with Gasteiger partial charge < -0.3 is 4.74 Å². The van der Waals surface area contributed by atoms with Crippen molar-refractivity contribution in [3.63, 3.8) is 0 Å². The van der Waals surface area contributed by atoms with Crippen LogP contribution < -0.4 is 10.1 Å². The van der Waals surface area contributed by atoms with Gasteiger partial charge in [-0.3, -0.25) is 20.2 Å². The first-order valence-electron chi connectivity index (χ1n) is 8.43. The monoisotopic (exact) mass is 392 g/mol. The lowest BCUT2D eigenvalue weighted by Crippen LogP contribution is -2.15. The number of nitrogens with zero attached hydrogens (tertiary/aromatic N) is 4. The number of hydrogen-bond donors (Lipinski definition) is 2. The minimum absolute atomic E-state index is 0.134. The van der Waals surface area contributed by atoms with E-state index in [1.165, 1.54) is 11.3 Å². The number of aromatic amines is 1. The molecule has 140 valence electrons. The number of anilines is 1. The SMILES string of the molecule is COc1ccccc1-c1nc(NC(=O)Cc2csc(-c3cccnc3)n2)n[nH]1. The van der Waals surface area contributed by atoms with Gasteiger partial charge >= 0.3 is 0 Å². The molecule has 0 aliphatic carbocycles. The number of carbonyl (C=O) groups is 1. The Morgan fingerprint density at radius 2 is 2.11 bits per heavy atom. The highest BCUT2D eigenvalue weighted by molar-refractivity contribution is 7.13. The van der Waals surface area contributed by atoms with Crippen LogP contribution in [0.25, 0.3) is 22.0 Å². The number of amides is 1. The number of ether oxygens (including phenoxy) is 1. The summed E-state index contributed by atoms with van der Waals surface area (Å²) in [5, 5.41) is 12.2. The zero-order chi connectivity index (χ0) is 19.3. The van der Waals surface area contributed by atoms with Gasteiger partial charge in [-0.05, 0) is 24.3 Å². The van der Waals surface area contributed by atoms with Crippen molar-refractivity contribution in [3.05, 3.63) is 59.9 Å². The highest BCUT2D eigenvalue weighted by atomic mass is 32.1. The Morgan fingerprint density at radius 3 is 2.93 bits per heavy atom. The maximum absolute atomic E-state index is 12.3. The first kappa shape index (κ1) is 17.8. The summed E-state index contributed by atoms with van der Waals surface area (Å²) >= 11 is 1.47. The Morgan fingerprint density at radius 1 is 1.21 bits per heavy atom. The Labute approximate surface area is 164 Å². The van der Waals surface area contributed by atoms with Crippen molar-refractivity contribution in [1.82, 2.24) is 25.1 Å². The van der Waals surface area contributed by atoms with Gasteiger partial charge in [0.2, 0.25) is 11.9 Å². The van der Waals surface area contributed by atoms with E-state index in [9.17, 15) is 4.79 Å². The van der Waals surface area contributed by atoms with Crippen molar-refractivity contribution in [1.29, 1.82) is 0 Å². The molecule has 4 rings (SSSR count). The molecule has 8 nitrogen and oxygen atoms in total. The fourth-order valence-corrected chi connectivity index (χ4v) is 3.43. The fraction of sp³-hybridized carbons (Fsp3) is 0.105. The largest absolute Gasteiger partial charge is 0.496 e. The molecule has 0 saturated heterocycles. The molecule has 3 heterocycles. The fourth-order valence-electron chi connectivity index (χ4n) is 2.62. The average molecular weight is 392 g/mol. The normalized spacial score (nSPS) is 10.6. The molecule has 3 aromatic heterocycles. The number of rotatable bonds is 6. The van der Waals surface area contributed by atoms with E-state index in [0.717, 1.165) is 16.1 Å². The zero-order valence-corrected chi connectivity index (χ0v) is 15.7. The molecule has 0 saturated carbocycles. The van der Waals surface area contributed by atoms with E-state index in [4.69, 9.17) is 4.74 Å². The lowest BCUT2D eigenvalue weighted by molar-refractivity contribution is -0.115. The summed E-state index contributed by atoms with van der Waals surface area (Å²) in [7, 11) is 1.59. The standard InChI is InChI=1S/C19H16N6O2S/c1-27-15-7-3-2-6-14(15)17-23-19(25-24-17)22-16(26)9-13-11-28-18(21-13)12-5-4-8-20-10-12/h2-8,10-11H,9H2,1H3,(H2,22,23,24,25,26). The molecule has 0 bridgehead atoms. The molecule has 1 aromatic carbocycles. The first-order valence-corrected chi connectivity index (χ1v) is 9.31. The van der Waals surface area contributed by atoms with Crippen LogP contribution in [0.2, 0.25) is 0 Å². The number of nitrogens with one attached hydrogen (secondary N) is 2. The third-order valence-corrected chi connectivity index (χ3v) is 4.84. The molecule has 0 aliphatic rings. The van der Waals surface area contributed by atoms with E-state index in [1.807, 2.05) is 41.8 Å². The van der Waals surface area contributed by atoms with Gasteiger partial charge in [0.05, 0.1) is 24.8 Å². The number of aromatic nitrogens is 5. The third-order valence-electron chi connectivity index (χ3n) is 3.90. The Bertz CT molecular complexity index is 1090. The number of hydrogen-bond acceptors (Lipinski definition) is 7. The second-order valence-electron chi connectivity index (χ2n) is 5.82. The minimum atomic E-state index is -0.242. The van der Waals surface area contributed by atoms with Gasteiger partial charge in [0.15, 0.2) is 5.82 Å². The molecule has 0 aliphatic heterocycles. The van der Waals surface area contributed by atoms with Gasteiger partial charge in [-0.25, -0.2) is 4.98 Å². The van der Waals surface area contributed by atoms with E-state index < -0.39 is 0 Å². The summed E-state index contributed by atoms with van der Waals surface area (Å²) in [5.74, 6) is 1.14. The van der Waals surface area contributed by atoms with Crippen molar-refractivity contribution in [3.8, 4) is 27.7 Å². The second kappa shape index (κ2) is 7.97. The summed E-state index contributed by atoms with van der Waals surface area (Å²) < 4.78 is 5.32. The van der Waals surface area contributed by atoms with E-state index in [0.29, 0.717) is 17.3 Å². The molecule has 4 aromatic rings. The zero-order valence-electron chi connectivity index (χ0n) is 14.9. The van der Waals surface area contributed by atoms with E-state index in [1.54, 1.807) is 19.5 Å². The number of thiazole rings is 1. The molecule has 28 heavy (non-hydrogen) atoms. The minimum Gasteiger partial charge on any atom is -0.496 e. The van der Waals surface area contributed by atoms with Gasteiger partial charge in [0.1, 0.15) is 10.8 Å². The van der Waals surface area contributed by atoms with Gasteiger partial charge in [-0.1, -0.05) is 12.1 Å². The number of para-hydroxylation sites is 1. The Kier molecular flexibility index (Phi) is 5.07. The number of H-pyrrole nitrogens is 1. The van der Waals surface area contributed by atoms with Gasteiger partial charge in [0, 0.05) is 23.3 Å². The van der Waals surface area contributed by atoms with Crippen LogP contribution in [0.5, 0.6) is 5.75 Å². The lowest BCUT2D eigenvalue weighted by atomic mass is 10.2. The lowest BCUT2D eigenvalue weighted by Gasteiger charge is -2.04. The first-order chi connectivity index (χ1) is 13.7. The van der Waals surface area contributed by atoms with Crippen LogP contribution in [0.4, 0.5) is 5.95 Å². The van der Waals surface area contributed by atoms with Gasteiger partial charge in [-0.2, -0.15) is 4.98 Å². The van der Waals surface area contributed by atoms with E-state index >= 15 is 0 Å². The quantitative estimate of drug-likeness (QED) is 0.522. The van der Waals surface area contributed by atoms with E-state index in [-0.39, 0.29) is 18.3 Å². The second-order valence-corrected chi connectivity index (χ2v) is 6.68. The van der Waals surface area contributed by atoms with Gasteiger partial charge in [0.25, 0.3) is 0 Å². The maximum atomic E-state index is 12.3. The summed E-state index contributed by atoms with van der Waals surface area (Å²) in [4.78, 5) is 25.2. The molecule has 9 heteroatoms. The van der Waals surface area contributed by atoms with Crippen LogP contribution >= 0.6 is 11.3 Å². The molecule has 2 N–H and O–H groups in total. The van der Waals surface area contributed by atoms with Crippen LogP contribution in [0.1, 0.15) is 5.69 Å². The molecule has 0 radical (unpaired) electrons. The highest BCUT2D eigenvalue weighted by Gasteiger charge is 2.14. The molecule has 0 fully saturated rings. The summed E-state index contributed by atoms with van der Waals surface area (Å²) in [6.07, 6.45) is 3.59. The summed E-state index contributed by atoms with van der Waals surface area (Å²) in [5.41, 5.74) is 2.37. The molecule has 0 spiro atoms. The van der Waals surface area contributed by atoms with Crippen molar-refractivity contribution < 1.29 is 9.53 Å². The van der Waals surface area contributed by atoms with Crippen molar-refractivity contribution >= 4 is 23.2 Å². The highest BCUT2D eigenvalue weighted by Crippen LogP contribution is 2.27. The van der Waals surface area contributed by atoms with Crippen molar-refractivity contribution in [2.24, 2.45) is 0 Å². The predicted octanol–water partition coefficient (Wildman–Crippen LogP) is 3.18. The van der Waals surface area contributed by atoms with Crippen LogP contribution in [0, 0.1) is 0 Å². The number of benzene rings is 1.